The molecule has 1 aromatic carbocycles. The second kappa shape index (κ2) is 8.37. The number of rotatable bonds is 8. The van der Waals surface area contributed by atoms with Crippen molar-refractivity contribution in [2.45, 2.75) is 39.3 Å². The molecule has 0 saturated carbocycles. The largest absolute Gasteiger partial charge is 0.505 e. The molecule has 3 radical (unpaired) electrons. The van der Waals surface area contributed by atoms with Crippen LogP contribution in [0.25, 0.3) is 6.08 Å². The van der Waals surface area contributed by atoms with Crippen molar-refractivity contribution in [1.29, 1.82) is 0 Å². The lowest BCUT2D eigenvalue weighted by molar-refractivity contribution is 0.290. The smallest absolute Gasteiger partial charge is 0.413 e. The molecule has 0 aliphatic rings. The lowest BCUT2D eigenvalue weighted by Gasteiger charge is -2.34. The Morgan fingerprint density at radius 3 is 1.48 bits per heavy atom. The highest BCUT2D eigenvalue weighted by atomic mass is 28.5. The van der Waals surface area contributed by atoms with Crippen LogP contribution in [0.5, 0.6) is 0 Å². The first kappa shape index (κ1) is 18.8. The van der Waals surface area contributed by atoms with E-state index in [-0.39, 0.29) is 0 Å². The highest BCUT2D eigenvalue weighted by molar-refractivity contribution is 6.88. The predicted molar refractivity (Wildman–Crippen MR) is 97.6 cm³/mol. The van der Waals surface area contributed by atoms with E-state index in [0.717, 1.165) is 10.8 Å². The standard InChI is InChI=1S/C14H25O3Si4/c1-8-13-9-11-14(12-10-13)21(15-18(2)3,16-19(4)5)17-20(6)7/h8-12H,1H2,2-7H3. The van der Waals surface area contributed by atoms with Crippen molar-refractivity contribution in [1.82, 2.24) is 0 Å². The van der Waals surface area contributed by atoms with Gasteiger partial charge in [0.2, 0.25) is 0 Å². The molecule has 0 saturated heterocycles. The molecular formula is C14H25O3Si4. The molecule has 0 aliphatic heterocycles. The molecule has 0 atom stereocenters. The van der Waals surface area contributed by atoms with Crippen molar-refractivity contribution in [2.75, 3.05) is 0 Å². The third-order valence-corrected chi connectivity index (χ3v) is 11.7. The fraction of sp³-hybridized carbons (Fsp3) is 0.429. The third kappa shape index (κ3) is 5.78. The molecule has 0 spiro atoms. The van der Waals surface area contributed by atoms with Gasteiger partial charge in [-0.1, -0.05) is 36.9 Å². The van der Waals surface area contributed by atoms with Gasteiger partial charge in [-0.15, -0.1) is 0 Å². The Morgan fingerprint density at radius 2 is 1.19 bits per heavy atom. The normalized spacial score (nSPS) is 12.4. The van der Waals surface area contributed by atoms with E-state index in [1.807, 2.05) is 18.2 Å². The van der Waals surface area contributed by atoms with Crippen LogP contribution in [0.15, 0.2) is 30.8 Å². The Morgan fingerprint density at radius 1 is 0.810 bits per heavy atom. The molecule has 0 aliphatic carbocycles. The van der Waals surface area contributed by atoms with E-state index in [1.165, 1.54) is 0 Å². The average Bonchev–Trinajstić information content (AvgIpc) is 2.36. The van der Waals surface area contributed by atoms with E-state index in [0.29, 0.717) is 0 Å². The molecule has 0 amide bonds. The van der Waals surface area contributed by atoms with Gasteiger partial charge in [0.15, 0.2) is 27.1 Å². The van der Waals surface area contributed by atoms with Gasteiger partial charge in [-0.05, 0) is 44.8 Å². The van der Waals surface area contributed by atoms with Crippen molar-refractivity contribution in [3.05, 3.63) is 36.4 Å². The third-order valence-electron chi connectivity index (χ3n) is 2.52. The molecule has 0 bridgehead atoms. The fourth-order valence-electron chi connectivity index (χ4n) is 1.87. The summed E-state index contributed by atoms with van der Waals surface area (Å²) in [5.41, 5.74) is 1.09. The molecule has 7 heteroatoms. The van der Waals surface area contributed by atoms with E-state index < -0.39 is 35.9 Å². The zero-order valence-corrected chi connectivity index (χ0v) is 17.8. The van der Waals surface area contributed by atoms with Gasteiger partial charge in [0.1, 0.15) is 0 Å². The second-order valence-corrected chi connectivity index (χ2v) is 15.0. The quantitative estimate of drug-likeness (QED) is 0.671. The number of benzene rings is 1. The summed E-state index contributed by atoms with van der Waals surface area (Å²) in [7, 11) is -5.55. The fourth-order valence-corrected chi connectivity index (χ4v) is 11.9. The van der Waals surface area contributed by atoms with E-state index in [2.05, 4.69) is 58.0 Å². The maximum absolute atomic E-state index is 6.34. The Balaban J connectivity index is 3.25. The van der Waals surface area contributed by atoms with E-state index in [4.69, 9.17) is 12.3 Å². The van der Waals surface area contributed by atoms with Crippen molar-refractivity contribution >= 4 is 47.2 Å². The minimum atomic E-state index is -2.80. The van der Waals surface area contributed by atoms with Crippen LogP contribution in [0.1, 0.15) is 5.56 Å². The summed E-state index contributed by atoms with van der Waals surface area (Å²) in [4.78, 5) is 0. The zero-order chi connectivity index (χ0) is 16.0. The number of hydrogen-bond donors (Lipinski definition) is 0. The first-order valence-electron chi connectivity index (χ1n) is 6.99. The van der Waals surface area contributed by atoms with Crippen LogP contribution in [0, 0.1) is 0 Å². The summed E-state index contributed by atoms with van der Waals surface area (Å²) in [5, 5.41) is 1.07. The lowest BCUT2D eigenvalue weighted by atomic mass is 10.2. The maximum Gasteiger partial charge on any atom is 0.505 e. The van der Waals surface area contributed by atoms with Crippen molar-refractivity contribution < 1.29 is 12.3 Å². The summed E-state index contributed by atoms with van der Waals surface area (Å²) < 4.78 is 19.0. The van der Waals surface area contributed by atoms with Crippen molar-refractivity contribution in [3.63, 3.8) is 0 Å². The monoisotopic (exact) mass is 353 g/mol. The Labute approximate surface area is 135 Å². The molecule has 21 heavy (non-hydrogen) atoms. The highest BCUT2D eigenvalue weighted by Crippen LogP contribution is 2.16. The molecule has 115 valence electrons. The van der Waals surface area contributed by atoms with Gasteiger partial charge in [0, 0.05) is 5.19 Å². The molecule has 3 nitrogen and oxygen atoms in total. The zero-order valence-electron chi connectivity index (χ0n) is 13.8. The lowest BCUT2D eigenvalue weighted by Crippen LogP contribution is -2.62. The molecule has 1 aromatic rings. The topological polar surface area (TPSA) is 27.7 Å². The van der Waals surface area contributed by atoms with Gasteiger partial charge >= 0.3 is 8.80 Å². The summed E-state index contributed by atoms with van der Waals surface area (Å²) >= 11 is 0. The molecule has 0 unspecified atom stereocenters. The molecule has 0 fully saturated rings. The first-order chi connectivity index (χ1) is 9.79. The van der Waals surface area contributed by atoms with E-state index in [9.17, 15) is 0 Å². The van der Waals surface area contributed by atoms with Crippen molar-refractivity contribution in [3.8, 4) is 0 Å². The Hall–Kier alpha value is -0.292. The summed E-state index contributed by atoms with van der Waals surface area (Å²) in [6.45, 7) is 16.6. The molecule has 0 N–H and O–H groups in total. The van der Waals surface area contributed by atoms with Gasteiger partial charge in [-0.2, -0.15) is 0 Å². The van der Waals surface area contributed by atoms with Crippen molar-refractivity contribution in [2.24, 2.45) is 0 Å². The van der Waals surface area contributed by atoms with Gasteiger partial charge in [0.05, 0.1) is 0 Å². The van der Waals surface area contributed by atoms with Gasteiger partial charge in [-0.3, -0.25) is 0 Å². The summed E-state index contributed by atoms with van der Waals surface area (Å²) in [6, 6.07) is 8.24. The Bertz CT molecular complexity index is 420. The summed E-state index contributed by atoms with van der Waals surface area (Å²) in [6.07, 6.45) is 1.84. The number of hydrogen-bond acceptors (Lipinski definition) is 3. The molecule has 0 heterocycles. The van der Waals surface area contributed by atoms with Crippen LogP contribution in [0.2, 0.25) is 39.3 Å². The van der Waals surface area contributed by atoms with E-state index in [1.54, 1.807) is 0 Å². The molecular weight excluding hydrogens is 328 g/mol. The highest BCUT2D eigenvalue weighted by Gasteiger charge is 2.45. The van der Waals surface area contributed by atoms with Crippen LogP contribution in [-0.2, 0) is 12.3 Å². The van der Waals surface area contributed by atoms with Gasteiger partial charge in [0.25, 0.3) is 0 Å². The van der Waals surface area contributed by atoms with Gasteiger partial charge in [-0.25, -0.2) is 0 Å². The average molecular weight is 354 g/mol. The first-order valence-corrected chi connectivity index (χ1v) is 15.9. The minimum absolute atomic E-state index is 0.919. The minimum Gasteiger partial charge on any atom is -0.413 e. The SMILES string of the molecule is C=Cc1ccc([Si](O[Si](C)C)(O[Si](C)C)O[Si](C)C)cc1. The van der Waals surface area contributed by atoms with Crippen LogP contribution >= 0.6 is 0 Å². The maximum atomic E-state index is 6.34. The van der Waals surface area contributed by atoms with Crippen LogP contribution < -0.4 is 5.19 Å². The summed E-state index contributed by atoms with van der Waals surface area (Å²) in [5.74, 6) is 0. The van der Waals surface area contributed by atoms with E-state index >= 15 is 0 Å². The molecule has 0 aromatic heterocycles. The Kier molecular flexibility index (Phi) is 7.47. The van der Waals surface area contributed by atoms with Gasteiger partial charge < -0.3 is 12.3 Å². The second-order valence-electron chi connectivity index (χ2n) is 5.41. The predicted octanol–water partition coefficient (Wildman–Crippen LogP) is 3.28. The van der Waals surface area contributed by atoms with Crippen LogP contribution in [0.4, 0.5) is 0 Å². The van der Waals surface area contributed by atoms with Crippen LogP contribution in [0.3, 0.4) is 0 Å². The van der Waals surface area contributed by atoms with Crippen LogP contribution in [-0.4, -0.2) is 35.9 Å². The molecule has 1 rings (SSSR count).